The van der Waals surface area contributed by atoms with Gasteiger partial charge in [-0.1, -0.05) is 66.7 Å². The van der Waals surface area contributed by atoms with Crippen LogP contribution in [-0.4, -0.2) is 26.4 Å². The Kier molecular flexibility index (Phi) is 10.4. The number of pyridine rings is 1. The maximum Gasteiger partial charge on any atom is 0.312 e. The number of amides is 2. The maximum absolute atomic E-state index is 11.6. The summed E-state index contributed by atoms with van der Waals surface area (Å²) < 4.78 is 24.7. The first-order valence-corrected chi connectivity index (χ1v) is 12.9. The zero-order chi connectivity index (χ0) is 26.6. The number of ether oxygens (including phenoxy) is 1. The van der Waals surface area contributed by atoms with Gasteiger partial charge in [-0.15, -0.1) is 0 Å². The quantitative estimate of drug-likeness (QED) is 0.240. The molecule has 1 heterocycles. The molecular weight excluding hydrogens is 486 g/mol. The van der Waals surface area contributed by atoms with Crippen molar-refractivity contribution < 1.29 is 21.1 Å². The molecule has 4 aromatic rings. The molecule has 0 aliphatic heterocycles. The van der Waals surface area contributed by atoms with Gasteiger partial charge in [-0.05, 0) is 61.2 Å². The van der Waals surface area contributed by atoms with Crippen molar-refractivity contribution in [2.75, 3.05) is 6.61 Å². The molecule has 1 unspecified atom stereocenters. The Morgan fingerprint density at radius 3 is 2.30 bits per heavy atom. The van der Waals surface area contributed by atoms with Crippen LogP contribution in [0.2, 0.25) is 0 Å². The van der Waals surface area contributed by atoms with E-state index in [9.17, 15) is 9.00 Å². The highest BCUT2D eigenvalue weighted by Crippen LogP contribution is 2.29. The van der Waals surface area contributed by atoms with Crippen LogP contribution in [0.1, 0.15) is 32.6 Å². The molecule has 0 saturated carbocycles. The number of nitrogens with two attached hydrogens (primary N) is 1. The van der Waals surface area contributed by atoms with E-state index in [2.05, 4.69) is 10.3 Å². The van der Waals surface area contributed by atoms with Crippen molar-refractivity contribution in [3.8, 4) is 16.9 Å². The number of nitrogens with zero attached hydrogens (tertiary/aromatic N) is 1. The molecule has 1 aromatic heterocycles. The fraction of sp³-hybridized carbons (Fsp3) is 0.172. The summed E-state index contributed by atoms with van der Waals surface area (Å²) in [6.07, 6.45) is 2.33. The summed E-state index contributed by atoms with van der Waals surface area (Å²) >= 11 is -1.84. The molecule has 37 heavy (non-hydrogen) atoms. The number of nitrogens with one attached hydrogen (secondary N) is 1. The molecule has 0 aliphatic rings. The predicted molar refractivity (Wildman–Crippen MR) is 151 cm³/mol. The second-order valence-electron chi connectivity index (χ2n) is 8.16. The molecule has 8 heteroatoms. The van der Waals surface area contributed by atoms with Crippen molar-refractivity contribution in [1.29, 1.82) is 0 Å². The fourth-order valence-corrected chi connectivity index (χ4v) is 4.37. The average Bonchev–Trinajstić information content (AvgIpc) is 2.90. The van der Waals surface area contributed by atoms with E-state index in [0.29, 0.717) is 17.9 Å². The first-order valence-electron chi connectivity index (χ1n) is 11.8. The SMILES string of the molecule is CCOc1ccc(-c2cccnc2[C@@H](Cc2ccccc2)NC(N)=O)cc1.Cc1ccccc1S(=O)O.[HH].[HH]. The van der Waals surface area contributed by atoms with Gasteiger partial charge in [-0.2, -0.15) is 0 Å². The van der Waals surface area contributed by atoms with Gasteiger partial charge >= 0.3 is 6.03 Å². The number of hydrogen-bond donors (Lipinski definition) is 3. The molecule has 2 amide bonds. The lowest BCUT2D eigenvalue weighted by molar-refractivity contribution is 0.245. The van der Waals surface area contributed by atoms with Crippen molar-refractivity contribution >= 4 is 17.1 Å². The first kappa shape index (κ1) is 27.6. The molecule has 196 valence electrons. The topological polar surface area (TPSA) is 115 Å². The number of carbonyl (C=O) groups is 1. The summed E-state index contributed by atoms with van der Waals surface area (Å²) in [6.45, 7) is 4.39. The van der Waals surface area contributed by atoms with Gasteiger partial charge in [-0.3, -0.25) is 4.98 Å². The largest absolute Gasteiger partial charge is 0.494 e. The standard InChI is InChI=1S/C22H23N3O2.C7H8O2S.2H2/c1-2-27-18-12-10-17(11-13-18)19-9-6-14-24-21(19)20(25-22(23)26)15-16-7-4-3-5-8-16;1-6-4-2-3-5-7(6)10(8)9;;/h3-14,20H,2,15H2,1H3,(H3,23,25,26);2-5H,1H3,(H,8,9);2*1H/t20-;;;/m1.../s1. The third kappa shape index (κ3) is 8.27. The van der Waals surface area contributed by atoms with Crippen molar-refractivity contribution in [2.45, 2.75) is 31.2 Å². The smallest absolute Gasteiger partial charge is 0.312 e. The average molecular weight is 522 g/mol. The third-order valence-electron chi connectivity index (χ3n) is 5.53. The number of carbonyl (C=O) groups excluding carboxylic acids is 1. The molecule has 0 radical (unpaired) electrons. The number of aromatic nitrogens is 1. The van der Waals surface area contributed by atoms with E-state index >= 15 is 0 Å². The van der Waals surface area contributed by atoms with Crippen LogP contribution >= 0.6 is 0 Å². The summed E-state index contributed by atoms with van der Waals surface area (Å²) in [5, 5.41) is 2.84. The third-order valence-corrected chi connectivity index (χ3v) is 6.36. The first-order chi connectivity index (χ1) is 17.9. The lowest BCUT2D eigenvalue weighted by Crippen LogP contribution is -2.35. The van der Waals surface area contributed by atoms with E-state index in [1.54, 1.807) is 18.3 Å². The zero-order valence-electron chi connectivity index (χ0n) is 20.8. The Bertz CT molecular complexity index is 1330. The van der Waals surface area contributed by atoms with Crippen LogP contribution in [0, 0.1) is 6.92 Å². The Labute approximate surface area is 223 Å². The summed E-state index contributed by atoms with van der Waals surface area (Å²) in [5.74, 6) is 0.822. The monoisotopic (exact) mass is 521 g/mol. The van der Waals surface area contributed by atoms with Crippen LogP contribution in [-0.2, 0) is 17.5 Å². The summed E-state index contributed by atoms with van der Waals surface area (Å²) in [4.78, 5) is 16.7. The highest BCUT2D eigenvalue weighted by Gasteiger charge is 2.19. The van der Waals surface area contributed by atoms with Crippen LogP contribution in [0.3, 0.4) is 0 Å². The number of benzene rings is 3. The van der Waals surface area contributed by atoms with E-state index in [1.807, 2.05) is 92.7 Å². The van der Waals surface area contributed by atoms with Gasteiger partial charge in [0, 0.05) is 14.6 Å². The van der Waals surface area contributed by atoms with Crippen molar-refractivity contribution in [3.63, 3.8) is 0 Å². The number of primary amides is 1. The summed E-state index contributed by atoms with van der Waals surface area (Å²) in [7, 11) is 0. The highest BCUT2D eigenvalue weighted by molar-refractivity contribution is 7.79. The molecule has 0 saturated heterocycles. The Morgan fingerprint density at radius 1 is 1.03 bits per heavy atom. The lowest BCUT2D eigenvalue weighted by atomic mass is 9.95. The normalized spacial score (nSPS) is 12.0. The van der Waals surface area contributed by atoms with Gasteiger partial charge in [0.05, 0.1) is 23.2 Å². The molecule has 0 bridgehead atoms. The molecule has 0 fully saturated rings. The van der Waals surface area contributed by atoms with E-state index in [1.165, 1.54) is 0 Å². The van der Waals surface area contributed by atoms with Gasteiger partial charge in [0.15, 0.2) is 11.1 Å². The summed E-state index contributed by atoms with van der Waals surface area (Å²) in [5.41, 5.74) is 10.1. The van der Waals surface area contributed by atoms with Crippen molar-refractivity contribution in [2.24, 2.45) is 5.73 Å². The number of rotatable bonds is 8. The van der Waals surface area contributed by atoms with E-state index in [0.717, 1.165) is 33.7 Å². The molecule has 0 spiro atoms. The minimum atomic E-state index is -1.84. The minimum absolute atomic E-state index is 0. The van der Waals surface area contributed by atoms with E-state index in [-0.39, 0.29) is 8.90 Å². The van der Waals surface area contributed by atoms with Crippen molar-refractivity contribution in [1.82, 2.24) is 10.3 Å². The maximum atomic E-state index is 11.6. The van der Waals surface area contributed by atoms with E-state index in [4.69, 9.17) is 15.0 Å². The second kappa shape index (κ2) is 13.9. The van der Waals surface area contributed by atoms with E-state index < -0.39 is 17.1 Å². The van der Waals surface area contributed by atoms with Gasteiger partial charge < -0.3 is 20.3 Å². The summed E-state index contributed by atoms with van der Waals surface area (Å²) in [6, 6.07) is 27.8. The van der Waals surface area contributed by atoms with Crippen LogP contribution < -0.4 is 15.8 Å². The van der Waals surface area contributed by atoms with Gasteiger partial charge in [-0.25, -0.2) is 9.00 Å². The Balaban J connectivity index is 0.000000538. The molecule has 2 atom stereocenters. The minimum Gasteiger partial charge on any atom is -0.494 e. The molecule has 3 aromatic carbocycles. The second-order valence-corrected chi connectivity index (χ2v) is 9.10. The zero-order valence-corrected chi connectivity index (χ0v) is 21.7. The van der Waals surface area contributed by atoms with Crippen LogP contribution in [0.5, 0.6) is 5.75 Å². The number of hydrogen-bond acceptors (Lipinski definition) is 4. The van der Waals surface area contributed by atoms with Gasteiger partial charge in [0.1, 0.15) is 5.75 Å². The predicted octanol–water partition coefficient (Wildman–Crippen LogP) is 6.17. The molecule has 7 nitrogen and oxygen atoms in total. The lowest BCUT2D eigenvalue weighted by Gasteiger charge is -2.20. The van der Waals surface area contributed by atoms with Crippen LogP contribution in [0.4, 0.5) is 4.79 Å². The fourth-order valence-electron chi connectivity index (χ4n) is 3.83. The Morgan fingerprint density at radius 2 is 1.70 bits per heavy atom. The highest BCUT2D eigenvalue weighted by atomic mass is 32.2. The Hall–Kier alpha value is -4.01. The van der Waals surface area contributed by atoms with Gasteiger partial charge in [0.2, 0.25) is 0 Å². The molecule has 0 aliphatic carbocycles. The number of urea groups is 1. The van der Waals surface area contributed by atoms with Crippen LogP contribution in [0.25, 0.3) is 11.1 Å². The molecular formula is C29H35N3O4S. The van der Waals surface area contributed by atoms with Crippen LogP contribution in [0.15, 0.2) is 102 Å². The van der Waals surface area contributed by atoms with Gasteiger partial charge in [0.25, 0.3) is 0 Å². The molecule has 4 N–H and O–H groups in total. The van der Waals surface area contributed by atoms with Crippen molar-refractivity contribution in [3.05, 3.63) is 114 Å². The molecule has 4 rings (SSSR count). The number of aryl methyl sites for hydroxylation is 1.